The molecule has 2 saturated heterocycles. The highest BCUT2D eigenvalue weighted by Crippen LogP contribution is 2.28. The van der Waals surface area contributed by atoms with E-state index in [1.807, 2.05) is 0 Å². The lowest BCUT2D eigenvalue weighted by Gasteiger charge is -2.41. The Bertz CT molecular complexity index is 716. The highest BCUT2D eigenvalue weighted by molar-refractivity contribution is 5.25. The minimum atomic E-state index is -1.86. The van der Waals surface area contributed by atoms with Crippen molar-refractivity contribution in [2.24, 2.45) is 0 Å². The van der Waals surface area contributed by atoms with Crippen molar-refractivity contribution < 1.29 is 54.7 Å². The largest absolute Gasteiger partial charge is 0.508 e. The molecule has 11 heteroatoms. The number of hydrogen-bond acceptors (Lipinski definition) is 11. The average molecular weight is 460 g/mol. The molecule has 0 saturated carbocycles. The van der Waals surface area contributed by atoms with Crippen LogP contribution in [0.1, 0.15) is 18.9 Å². The molecule has 0 amide bonds. The number of aryl methyl sites for hydroxylation is 1. The molecule has 9 atom stereocenters. The molecule has 182 valence electrons. The lowest BCUT2D eigenvalue weighted by molar-refractivity contribution is -0.317. The fourth-order valence-corrected chi connectivity index (χ4v) is 3.62. The maximum atomic E-state index is 10.3. The lowest BCUT2D eigenvalue weighted by atomic mass is 9.99. The van der Waals surface area contributed by atoms with E-state index in [0.29, 0.717) is 12.8 Å². The summed E-state index contributed by atoms with van der Waals surface area (Å²) < 4.78 is 21.9. The molecule has 1 aromatic carbocycles. The molecular formula is C21H32O11. The zero-order valence-corrected chi connectivity index (χ0v) is 17.7. The van der Waals surface area contributed by atoms with Gasteiger partial charge in [-0.15, -0.1) is 0 Å². The Morgan fingerprint density at radius 1 is 1.06 bits per heavy atom. The molecular weight excluding hydrogens is 428 g/mol. The summed E-state index contributed by atoms with van der Waals surface area (Å²) in [5, 5.41) is 69.3. The van der Waals surface area contributed by atoms with Crippen LogP contribution in [0.2, 0.25) is 0 Å². The standard InChI is InChI=1S/C21H32O11/c1-11(2-3-12-4-6-13(23)7-5-12)31-19-17(26)16(25)15(24)14(32-19)8-29-20-18(27)21(28,9-22)10-30-20/h4-7,11,14-20,22-28H,2-3,8-10H2,1H3/t11?,14-,15-,16+,17-,18+,19-,20-,21-/m1/s1. The van der Waals surface area contributed by atoms with Gasteiger partial charge in [-0.25, -0.2) is 0 Å². The maximum Gasteiger partial charge on any atom is 0.186 e. The van der Waals surface area contributed by atoms with Crippen LogP contribution in [-0.4, -0.2) is 110 Å². The van der Waals surface area contributed by atoms with Gasteiger partial charge in [0.2, 0.25) is 0 Å². The number of benzene rings is 1. The van der Waals surface area contributed by atoms with Crippen LogP contribution >= 0.6 is 0 Å². The highest BCUT2D eigenvalue weighted by atomic mass is 16.7. The van der Waals surface area contributed by atoms with Gasteiger partial charge >= 0.3 is 0 Å². The van der Waals surface area contributed by atoms with Crippen LogP contribution in [0.25, 0.3) is 0 Å². The van der Waals surface area contributed by atoms with Crippen LogP contribution in [0.15, 0.2) is 24.3 Å². The molecule has 2 fully saturated rings. The molecule has 0 spiro atoms. The normalized spacial score (nSPS) is 38.7. The fourth-order valence-electron chi connectivity index (χ4n) is 3.62. The van der Waals surface area contributed by atoms with Crippen molar-refractivity contribution in [2.75, 3.05) is 19.8 Å². The topological polar surface area (TPSA) is 179 Å². The van der Waals surface area contributed by atoms with Crippen molar-refractivity contribution in [1.29, 1.82) is 0 Å². The summed E-state index contributed by atoms with van der Waals surface area (Å²) in [6.07, 6.45) is -8.83. The smallest absolute Gasteiger partial charge is 0.186 e. The van der Waals surface area contributed by atoms with Gasteiger partial charge in [-0.2, -0.15) is 0 Å². The van der Waals surface area contributed by atoms with Crippen LogP contribution in [0, 0.1) is 0 Å². The van der Waals surface area contributed by atoms with Crippen molar-refractivity contribution in [3.63, 3.8) is 0 Å². The van der Waals surface area contributed by atoms with Crippen LogP contribution < -0.4 is 0 Å². The summed E-state index contributed by atoms with van der Waals surface area (Å²) in [5.41, 5.74) is -0.867. The van der Waals surface area contributed by atoms with Crippen molar-refractivity contribution >= 4 is 0 Å². The van der Waals surface area contributed by atoms with E-state index in [0.717, 1.165) is 5.56 Å². The molecule has 2 heterocycles. The Kier molecular flexibility index (Phi) is 8.44. The summed E-state index contributed by atoms with van der Waals surface area (Å²) in [7, 11) is 0. The number of ether oxygens (including phenoxy) is 4. The SMILES string of the molecule is CC(CCc1ccc(O)cc1)O[C@@H]1O[C@H](CO[C@@H]2OC[C@](O)(CO)[C@H]2O)[C@@H](O)[C@H](O)[C@H]1O. The summed E-state index contributed by atoms with van der Waals surface area (Å²) >= 11 is 0. The van der Waals surface area contributed by atoms with Gasteiger partial charge in [-0.1, -0.05) is 12.1 Å². The number of aliphatic hydroxyl groups excluding tert-OH is 5. The molecule has 2 aliphatic rings. The van der Waals surface area contributed by atoms with Crippen molar-refractivity contribution in [3.8, 4) is 5.75 Å². The van der Waals surface area contributed by atoms with E-state index >= 15 is 0 Å². The molecule has 0 bridgehead atoms. The van der Waals surface area contributed by atoms with Crippen LogP contribution in [0.4, 0.5) is 0 Å². The Balaban J connectivity index is 1.52. The van der Waals surface area contributed by atoms with E-state index in [9.17, 15) is 35.7 Å². The highest BCUT2D eigenvalue weighted by Gasteiger charge is 2.50. The van der Waals surface area contributed by atoms with Gasteiger partial charge in [-0.05, 0) is 37.5 Å². The number of hydrogen-bond donors (Lipinski definition) is 7. The number of phenolic OH excluding ortho intramolecular Hbond substituents is 1. The summed E-state index contributed by atoms with van der Waals surface area (Å²) in [6, 6.07) is 6.75. The van der Waals surface area contributed by atoms with E-state index in [1.54, 1.807) is 31.2 Å². The van der Waals surface area contributed by atoms with Crippen molar-refractivity contribution in [3.05, 3.63) is 29.8 Å². The number of aromatic hydroxyl groups is 1. The monoisotopic (exact) mass is 460 g/mol. The third kappa shape index (κ3) is 5.75. The molecule has 32 heavy (non-hydrogen) atoms. The second kappa shape index (κ2) is 10.7. The fraction of sp³-hybridized carbons (Fsp3) is 0.714. The van der Waals surface area contributed by atoms with Gasteiger partial charge < -0.3 is 54.7 Å². The van der Waals surface area contributed by atoms with Gasteiger partial charge in [-0.3, -0.25) is 0 Å². The summed E-state index contributed by atoms with van der Waals surface area (Å²) in [5.74, 6) is 0.175. The minimum Gasteiger partial charge on any atom is -0.508 e. The number of aliphatic hydroxyl groups is 6. The first-order chi connectivity index (χ1) is 15.1. The Labute approximate surface area is 185 Å². The van der Waals surface area contributed by atoms with E-state index in [2.05, 4.69) is 0 Å². The van der Waals surface area contributed by atoms with Gasteiger partial charge in [0.15, 0.2) is 12.6 Å². The quantitative estimate of drug-likeness (QED) is 0.217. The second-order valence-electron chi connectivity index (χ2n) is 8.39. The zero-order valence-electron chi connectivity index (χ0n) is 17.7. The maximum absolute atomic E-state index is 10.3. The summed E-state index contributed by atoms with van der Waals surface area (Å²) in [6.45, 7) is 0.377. The summed E-state index contributed by atoms with van der Waals surface area (Å²) in [4.78, 5) is 0. The van der Waals surface area contributed by atoms with E-state index < -0.39 is 55.3 Å². The molecule has 11 nitrogen and oxygen atoms in total. The number of phenols is 1. The lowest BCUT2D eigenvalue weighted by Crippen LogP contribution is -2.60. The molecule has 0 aliphatic carbocycles. The first-order valence-electron chi connectivity index (χ1n) is 10.5. The predicted molar refractivity (Wildman–Crippen MR) is 107 cm³/mol. The Morgan fingerprint density at radius 2 is 1.75 bits per heavy atom. The van der Waals surface area contributed by atoms with E-state index in [1.165, 1.54) is 0 Å². The molecule has 7 N–H and O–H groups in total. The second-order valence-corrected chi connectivity index (χ2v) is 8.39. The van der Waals surface area contributed by atoms with Crippen LogP contribution in [-0.2, 0) is 25.4 Å². The molecule has 0 aromatic heterocycles. The molecule has 0 radical (unpaired) electrons. The zero-order chi connectivity index (χ0) is 23.5. The van der Waals surface area contributed by atoms with Gasteiger partial charge in [0, 0.05) is 0 Å². The van der Waals surface area contributed by atoms with Gasteiger partial charge in [0.25, 0.3) is 0 Å². The first kappa shape index (κ1) is 25.2. The molecule has 1 unspecified atom stereocenters. The molecule has 3 rings (SSSR count). The average Bonchev–Trinajstić information content (AvgIpc) is 3.07. The molecule has 2 aliphatic heterocycles. The van der Waals surface area contributed by atoms with Gasteiger partial charge in [0.1, 0.15) is 41.9 Å². The first-order valence-corrected chi connectivity index (χ1v) is 10.5. The minimum absolute atomic E-state index is 0.175. The molecule has 1 aromatic rings. The van der Waals surface area contributed by atoms with Gasteiger partial charge in [0.05, 0.1) is 25.9 Å². The van der Waals surface area contributed by atoms with Crippen molar-refractivity contribution in [1.82, 2.24) is 0 Å². The Morgan fingerprint density at radius 3 is 2.38 bits per heavy atom. The Hall–Kier alpha value is -1.38. The predicted octanol–water partition coefficient (Wildman–Crippen LogP) is -2.01. The third-order valence-corrected chi connectivity index (χ3v) is 5.82. The van der Waals surface area contributed by atoms with E-state index in [4.69, 9.17) is 18.9 Å². The van der Waals surface area contributed by atoms with Crippen LogP contribution in [0.5, 0.6) is 5.75 Å². The van der Waals surface area contributed by atoms with Crippen molar-refractivity contribution in [2.45, 2.75) is 74.6 Å². The van der Waals surface area contributed by atoms with Crippen LogP contribution in [0.3, 0.4) is 0 Å². The third-order valence-electron chi connectivity index (χ3n) is 5.82. The van der Waals surface area contributed by atoms with E-state index in [-0.39, 0.29) is 25.1 Å². The number of rotatable bonds is 9.